The van der Waals surface area contributed by atoms with Crippen LogP contribution in [0.15, 0.2) is 54.6 Å². The third kappa shape index (κ3) is 3.55. The quantitative estimate of drug-likeness (QED) is 0.846. The van der Waals surface area contributed by atoms with Crippen LogP contribution in [0, 0.1) is 11.3 Å². The van der Waals surface area contributed by atoms with E-state index in [0.29, 0.717) is 11.5 Å². The zero-order valence-corrected chi connectivity index (χ0v) is 12.4. The van der Waals surface area contributed by atoms with Gasteiger partial charge in [-0.15, -0.1) is 0 Å². The Morgan fingerprint density at radius 1 is 1.10 bits per heavy atom. The summed E-state index contributed by atoms with van der Waals surface area (Å²) in [5, 5.41) is 8.83. The maximum atomic E-state index is 8.83. The molecule has 0 aliphatic rings. The highest BCUT2D eigenvalue weighted by molar-refractivity contribution is 7.80. The molecule has 0 amide bonds. The molecule has 2 aromatic carbocycles. The van der Waals surface area contributed by atoms with Gasteiger partial charge in [-0.05, 0) is 35.6 Å². The lowest BCUT2D eigenvalue weighted by Crippen LogP contribution is -2.25. The summed E-state index contributed by atoms with van der Waals surface area (Å²) < 4.78 is 0. The Kier molecular flexibility index (Phi) is 5.09. The molecule has 1 atom stereocenters. The molecule has 1 unspecified atom stereocenters. The molecule has 2 aromatic rings. The highest BCUT2D eigenvalue weighted by Crippen LogP contribution is 2.21. The van der Waals surface area contributed by atoms with Gasteiger partial charge in [-0.1, -0.05) is 30.3 Å². The third-order valence-electron chi connectivity index (χ3n) is 3.42. The third-order valence-corrected chi connectivity index (χ3v) is 3.86. The summed E-state index contributed by atoms with van der Waals surface area (Å²) in [7, 11) is 2.07. The summed E-state index contributed by atoms with van der Waals surface area (Å²) >= 11 is 4.48. The molecule has 0 aliphatic carbocycles. The van der Waals surface area contributed by atoms with Crippen LogP contribution >= 0.6 is 12.6 Å². The van der Waals surface area contributed by atoms with E-state index < -0.39 is 0 Å². The highest BCUT2D eigenvalue weighted by atomic mass is 32.1. The van der Waals surface area contributed by atoms with E-state index in [4.69, 9.17) is 5.26 Å². The second-order valence-corrected chi connectivity index (χ2v) is 5.19. The molecule has 3 heteroatoms. The number of hydrogen-bond donors (Lipinski definition) is 1. The van der Waals surface area contributed by atoms with Gasteiger partial charge in [0.2, 0.25) is 0 Å². The molecule has 20 heavy (non-hydrogen) atoms. The van der Waals surface area contributed by atoms with Gasteiger partial charge in [0.05, 0.1) is 11.6 Å². The number of thiol groups is 1. The molecule has 102 valence electrons. The molecule has 2 nitrogen and oxygen atoms in total. The van der Waals surface area contributed by atoms with E-state index in [2.05, 4.69) is 54.9 Å². The van der Waals surface area contributed by atoms with Crippen molar-refractivity contribution < 1.29 is 0 Å². The Bertz CT molecular complexity index is 572. The van der Waals surface area contributed by atoms with Crippen molar-refractivity contribution in [1.29, 1.82) is 5.26 Å². The predicted molar refractivity (Wildman–Crippen MR) is 87.5 cm³/mol. The minimum Gasteiger partial charge on any atom is -0.374 e. The Morgan fingerprint density at radius 3 is 2.30 bits per heavy atom. The van der Waals surface area contributed by atoms with E-state index in [1.54, 1.807) is 0 Å². The van der Waals surface area contributed by atoms with Gasteiger partial charge in [-0.3, -0.25) is 0 Å². The molecule has 0 saturated heterocycles. The van der Waals surface area contributed by atoms with Gasteiger partial charge in [0, 0.05) is 25.2 Å². The minimum absolute atomic E-state index is 0.389. The Hall–Kier alpha value is -1.92. The van der Waals surface area contributed by atoms with Crippen molar-refractivity contribution in [1.82, 2.24) is 0 Å². The minimum atomic E-state index is 0.389. The second kappa shape index (κ2) is 7.02. The van der Waals surface area contributed by atoms with Crippen molar-refractivity contribution in [2.75, 3.05) is 24.2 Å². The summed E-state index contributed by atoms with van der Waals surface area (Å²) in [6.45, 7) is 0.902. The van der Waals surface area contributed by atoms with Crippen molar-refractivity contribution in [3.63, 3.8) is 0 Å². The molecular formula is C17H18N2S. The van der Waals surface area contributed by atoms with E-state index in [1.807, 2.05) is 30.3 Å². The maximum absolute atomic E-state index is 8.83. The van der Waals surface area contributed by atoms with Gasteiger partial charge >= 0.3 is 0 Å². The van der Waals surface area contributed by atoms with Crippen LogP contribution < -0.4 is 4.90 Å². The summed E-state index contributed by atoms with van der Waals surface area (Å²) in [5.41, 5.74) is 3.12. The van der Waals surface area contributed by atoms with Crippen LogP contribution in [0.25, 0.3) is 0 Å². The first-order valence-corrected chi connectivity index (χ1v) is 7.25. The largest absolute Gasteiger partial charge is 0.374 e. The van der Waals surface area contributed by atoms with E-state index in [-0.39, 0.29) is 0 Å². The lowest BCUT2D eigenvalue weighted by Gasteiger charge is -2.25. The molecule has 0 bridgehead atoms. The molecule has 0 heterocycles. The van der Waals surface area contributed by atoms with Crippen LogP contribution in [0.4, 0.5) is 5.69 Å². The first-order valence-electron chi connectivity index (χ1n) is 6.61. The summed E-state index contributed by atoms with van der Waals surface area (Å²) in [5.74, 6) is 1.20. The van der Waals surface area contributed by atoms with E-state index in [9.17, 15) is 0 Å². The van der Waals surface area contributed by atoms with Crippen LogP contribution in [-0.2, 0) is 0 Å². The van der Waals surface area contributed by atoms with Crippen molar-refractivity contribution >= 4 is 18.3 Å². The molecule has 0 radical (unpaired) electrons. The smallest absolute Gasteiger partial charge is 0.0991 e. The molecule has 0 aliphatic heterocycles. The lowest BCUT2D eigenvalue weighted by atomic mass is 10.0. The summed E-state index contributed by atoms with van der Waals surface area (Å²) in [6, 6.07) is 20.3. The van der Waals surface area contributed by atoms with E-state index in [0.717, 1.165) is 18.0 Å². The fraction of sp³-hybridized carbons (Fsp3) is 0.235. The fourth-order valence-corrected chi connectivity index (χ4v) is 2.55. The Morgan fingerprint density at radius 2 is 1.75 bits per heavy atom. The Balaban J connectivity index is 2.09. The van der Waals surface area contributed by atoms with Gasteiger partial charge in [-0.25, -0.2) is 0 Å². The zero-order valence-electron chi connectivity index (χ0n) is 11.5. The van der Waals surface area contributed by atoms with Crippen LogP contribution in [0.1, 0.15) is 17.0 Å². The first-order chi connectivity index (χ1) is 9.74. The SMILES string of the molecule is CN(CC(CS)c1ccccc1)c1ccc(C#N)cc1. The predicted octanol–water partition coefficient (Wildman–Crippen LogP) is 3.71. The van der Waals surface area contributed by atoms with Gasteiger partial charge in [-0.2, -0.15) is 17.9 Å². The van der Waals surface area contributed by atoms with Crippen LogP contribution in [0.3, 0.4) is 0 Å². The fourth-order valence-electron chi connectivity index (χ4n) is 2.22. The lowest BCUT2D eigenvalue weighted by molar-refractivity contribution is 0.745. The van der Waals surface area contributed by atoms with Gasteiger partial charge in [0.15, 0.2) is 0 Å². The number of likely N-dealkylation sites (N-methyl/N-ethyl adjacent to an activating group) is 1. The molecule has 0 fully saturated rings. The van der Waals surface area contributed by atoms with Crippen LogP contribution in [0.5, 0.6) is 0 Å². The molecule has 0 aromatic heterocycles. The first kappa shape index (κ1) is 14.5. The maximum Gasteiger partial charge on any atom is 0.0991 e. The van der Waals surface area contributed by atoms with Gasteiger partial charge < -0.3 is 4.90 Å². The molecule has 0 spiro atoms. The summed E-state index contributed by atoms with van der Waals surface area (Å²) in [4.78, 5) is 2.20. The van der Waals surface area contributed by atoms with Crippen molar-refractivity contribution in [3.05, 3.63) is 65.7 Å². The topological polar surface area (TPSA) is 27.0 Å². The van der Waals surface area contributed by atoms with Crippen LogP contribution in [-0.4, -0.2) is 19.3 Å². The monoisotopic (exact) mass is 282 g/mol. The number of hydrogen-bond acceptors (Lipinski definition) is 3. The number of anilines is 1. The normalized spacial score (nSPS) is 11.7. The highest BCUT2D eigenvalue weighted by Gasteiger charge is 2.12. The van der Waals surface area contributed by atoms with Crippen molar-refractivity contribution in [2.45, 2.75) is 5.92 Å². The number of rotatable bonds is 5. The average molecular weight is 282 g/mol. The van der Waals surface area contributed by atoms with Crippen LogP contribution in [0.2, 0.25) is 0 Å². The van der Waals surface area contributed by atoms with E-state index in [1.165, 1.54) is 5.56 Å². The average Bonchev–Trinajstić information content (AvgIpc) is 2.53. The Labute approximate surface area is 126 Å². The number of nitrogens with zero attached hydrogens (tertiary/aromatic N) is 2. The molecule has 0 saturated carbocycles. The van der Waals surface area contributed by atoms with Crippen molar-refractivity contribution in [3.8, 4) is 6.07 Å². The molecular weight excluding hydrogens is 264 g/mol. The second-order valence-electron chi connectivity index (χ2n) is 4.83. The van der Waals surface area contributed by atoms with E-state index >= 15 is 0 Å². The molecule has 2 rings (SSSR count). The molecule has 0 N–H and O–H groups in total. The summed E-state index contributed by atoms with van der Waals surface area (Å²) in [6.07, 6.45) is 0. The van der Waals surface area contributed by atoms with Gasteiger partial charge in [0.1, 0.15) is 0 Å². The number of benzene rings is 2. The van der Waals surface area contributed by atoms with Crippen molar-refractivity contribution in [2.24, 2.45) is 0 Å². The zero-order chi connectivity index (χ0) is 14.4. The standard InChI is InChI=1S/C17H18N2S/c1-19(17-9-7-14(11-18)8-10-17)12-16(13-20)15-5-3-2-4-6-15/h2-10,16,20H,12-13H2,1H3. The number of nitriles is 1. The van der Waals surface area contributed by atoms with Gasteiger partial charge in [0.25, 0.3) is 0 Å².